The Morgan fingerprint density at radius 2 is 2.20 bits per heavy atom. The standard InChI is InChI=1S/C16H17N3O/c17-14-6-7-18-10-12(14)9-15(20)16-13-4-2-1-3-11(13)5-8-19-16/h1-4,6-7,10,16,19H,5,8-9H2,(H2,17,18). The average Bonchev–Trinajstić information content (AvgIpc) is 2.49. The number of anilines is 1. The molecular formula is C16H17N3O. The quantitative estimate of drug-likeness (QED) is 0.887. The highest BCUT2D eigenvalue weighted by Gasteiger charge is 2.25. The second-order valence-corrected chi connectivity index (χ2v) is 5.05. The molecule has 2 aromatic rings. The van der Waals surface area contributed by atoms with Crippen LogP contribution in [0.3, 0.4) is 0 Å². The summed E-state index contributed by atoms with van der Waals surface area (Å²) in [5.74, 6) is 0.136. The maximum atomic E-state index is 12.5. The van der Waals surface area contributed by atoms with E-state index in [1.807, 2.05) is 18.2 Å². The molecule has 1 atom stereocenters. The monoisotopic (exact) mass is 267 g/mol. The third kappa shape index (κ3) is 2.42. The van der Waals surface area contributed by atoms with E-state index in [0.717, 1.165) is 24.1 Å². The van der Waals surface area contributed by atoms with E-state index in [1.165, 1.54) is 5.56 Å². The summed E-state index contributed by atoms with van der Waals surface area (Å²) in [6.07, 6.45) is 4.58. The summed E-state index contributed by atoms with van der Waals surface area (Å²) >= 11 is 0. The van der Waals surface area contributed by atoms with Crippen molar-refractivity contribution in [2.45, 2.75) is 18.9 Å². The van der Waals surface area contributed by atoms with Gasteiger partial charge in [-0.15, -0.1) is 0 Å². The molecule has 0 spiro atoms. The molecule has 0 radical (unpaired) electrons. The smallest absolute Gasteiger partial charge is 0.158 e. The van der Waals surface area contributed by atoms with Crippen molar-refractivity contribution in [3.8, 4) is 0 Å². The van der Waals surface area contributed by atoms with Crippen LogP contribution in [0.25, 0.3) is 0 Å². The van der Waals surface area contributed by atoms with Gasteiger partial charge in [-0.1, -0.05) is 24.3 Å². The highest BCUT2D eigenvalue weighted by Crippen LogP contribution is 2.25. The number of benzene rings is 1. The number of Topliss-reactive ketones (excluding diaryl/α,β-unsaturated/α-hetero) is 1. The fourth-order valence-corrected chi connectivity index (χ4v) is 2.67. The van der Waals surface area contributed by atoms with Crippen LogP contribution in [0, 0.1) is 0 Å². The zero-order valence-corrected chi connectivity index (χ0v) is 11.2. The zero-order chi connectivity index (χ0) is 13.9. The Kier molecular flexibility index (Phi) is 3.48. The van der Waals surface area contributed by atoms with Crippen molar-refractivity contribution >= 4 is 11.5 Å². The van der Waals surface area contributed by atoms with Crippen LogP contribution in [0.4, 0.5) is 5.69 Å². The number of rotatable bonds is 3. The molecule has 4 heteroatoms. The van der Waals surface area contributed by atoms with Gasteiger partial charge in [-0.05, 0) is 23.6 Å². The van der Waals surface area contributed by atoms with Crippen LogP contribution in [0.15, 0.2) is 42.7 Å². The number of hydrogen-bond donors (Lipinski definition) is 2. The van der Waals surface area contributed by atoms with Crippen LogP contribution in [0.2, 0.25) is 0 Å². The minimum absolute atomic E-state index is 0.136. The van der Waals surface area contributed by atoms with Crippen LogP contribution in [0.5, 0.6) is 0 Å². The molecule has 3 rings (SSSR count). The minimum Gasteiger partial charge on any atom is -0.398 e. The van der Waals surface area contributed by atoms with Crippen molar-refractivity contribution in [2.24, 2.45) is 0 Å². The molecule has 1 unspecified atom stereocenters. The largest absolute Gasteiger partial charge is 0.398 e. The molecule has 1 aromatic carbocycles. The molecule has 0 saturated heterocycles. The molecule has 1 aliphatic heterocycles. The minimum atomic E-state index is -0.237. The van der Waals surface area contributed by atoms with Gasteiger partial charge in [0.25, 0.3) is 0 Å². The Morgan fingerprint density at radius 3 is 3.05 bits per heavy atom. The van der Waals surface area contributed by atoms with Gasteiger partial charge in [0.05, 0.1) is 6.04 Å². The number of hydrogen-bond acceptors (Lipinski definition) is 4. The lowest BCUT2D eigenvalue weighted by Crippen LogP contribution is -2.36. The van der Waals surface area contributed by atoms with Gasteiger partial charge in [0, 0.05) is 36.6 Å². The molecule has 1 aliphatic rings. The number of carbonyl (C=O) groups excluding carboxylic acids is 1. The van der Waals surface area contributed by atoms with Gasteiger partial charge in [-0.3, -0.25) is 9.78 Å². The SMILES string of the molecule is Nc1ccncc1CC(=O)C1NCCc2ccccc21. The molecule has 0 saturated carbocycles. The number of nitrogens with zero attached hydrogens (tertiary/aromatic N) is 1. The van der Waals surface area contributed by atoms with E-state index in [4.69, 9.17) is 5.73 Å². The van der Waals surface area contributed by atoms with Crippen LogP contribution in [-0.4, -0.2) is 17.3 Å². The van der Waals surface area contributed by atoms with Crippen LogP contribution in [-0.2, 0) is 17.6 Å². The lowest BCUT2D eigenvalue weighted by molar-refractivity contribution is -0.120. The molecule has 0 aliphatic carbocycles. The summed E-state index contributed by atoms with van der Waals surface area (Å²) in [4.78, 5) is 16.6. The summed E-state index contributed by atoms with van der Waals surface area (Å²) in [5.41, 5.74) is 9.64. The van der Waals surface area contributed by atoms with E-state index in [2.05, 4.69) is 16.4 Å². The van der Waals surface area contributed by atoms with E-state index in [1.54, 1.807) is 18.5 Å². The Bertz CT molecular complexity index is 639. The van der Waals surface area contributed by atoms with Gasteiger partial charge in [-0.2, -0.15) is 0 Å². The molecule has 0 bridgehead atoms. The van der Waals surface area contributed by atoms with Crippen molar-refractivity contribution in [2.75, 3.05) is 12.3 Å². The van der Waals surface area contributed by atoms with Gasteiger partial charge in [0.2, 0.25) is 0 Å². The number of pyridine rings is 1. The van der Waals surface area contributed by atoms with Gasteiger partial charge >= 0.3 is 0 Å². The topological polar surface area (TPSA) is 68.0 Å². The van der Waals surface area contributed by atoms with Crippen molar-refractivity contribution in [3.63, 3.8) is 0 Å². The maximum absolute atomic E-state index is 12.5. The fourth-order valence-electron chi connectivity index (χ4n) is 2.67. The average molecular weight is 267 g/mol. The second kappa shape index (κ2) is 5.43. The molecular weight excluding hydrogens is 250 g/mol. The molecule has 2 heterocycles. The number of nitrogen functional groups attached to an aromatic ring is 1. The number of ketones is 1. The Hall–Kier alpha value is -2.20. The van der Waals surface area contributed by atoms with Crippen molar-refractivity contribution < 1.29 is 4.79 Å². The number of nitrogens with two attached hydrogens (primary N) is 1. The molecule has 0 amide bonds. The van der Waals surface area contributed by atoms with Crippen LogP contribution in [0.1, 0.15) is 22.7 Å². The third-order valence-corrected chi connectivity index (χ3v) is 3.74. The lowest BCUT2D eigenvalue weighted by Gasteiger charge is -2.26. The number of aromatic nitrogens is 1. The molecule has 3 N–H and O–H groups in total. The van der Waals surface area contributed by atoms with Crippen LogP contribution >= 0.6 is 0 Å². The summed E-state index contributed by atoms with van der Waals surface area (Å²) in [7, 11) is 0. The predicted octanol–water partition coefficient (Wildman–Crippen LogP) is 1.66. The maximum Gasteiger partial charge on any atom is 0.158 e. The number of nitrogens with one attached hydrogen (secondary N) is 1. The normalized spacial score (nSPS) is 17.5. The van der Waals surface area contributed by atoms with E-state index in [-0.39, 0.29) is 11.8 Å². The Balaban J connectivity index is 1.84. The number of carbonyl (C=O) groups is 1. The van der Waals surface area contributed by atoms with Crippen molar-refractivity contribution in [1.82, 2.24) is 10.3 Å². The summed E-state index contributed by atoms with van der Waals surface area (Å²) in [5, 5.41) is 3.30. The van der Waals surface area contributed by atoms with Crippen LogP contribution < -0.4 is 11.1 Å². The van der Waals surface area contributed by atoms with Gasteiger partial charge in [0.15, 0.2) is 5.78 Å². The van der Waals surface area contributed by atoms with E-state index in [9.17, 15) is 4.79 Å². The van der Waals surface area contributed by atoms with E-state index in [0.29, 0.717) is 12.1 Å². The fraction of sp³-hybridized carbons (Fsp3) is 0.250. The first-order valence-electron chi connectivity index (χ1n) is 6.78. The Labute approximate surface area is 118 Å². The third-order valence-electron chi connectivity index (χ3n) is 3.74. The summed E-state index contributed by atoms with van der Waals surface area (Å²) < 4.78 is 0. The number of fused-ring (bicyclic) bond motifs is 1. The van der Waals surface area contributed by atoms with E-state index >= 15 is 0 Å². The first kappa shape index (κ1) is 12.8. The van der Waals surface area contributed by atoms with Crippen molar-refractivity contribution in [1.29, 1.82) is 0 Å². The molecule has 1 aromatic heterocycles. The highest BCUT2D eigenvalue weighted by atomic mass is 16.1. The van der Waals surface area contributed by atoms with E-state index < -0.39 is 0 Å². The summed E-state index contributed by atoms with van der Waals surface area (Å²) in [6, 6.07) is 9.60. The molecule has 4 nitrogen and oxygen atoms in total. The van der Waals surface area contributed by atoms with Gasteiger partial charge < -0.3 is 11.1 Å². The van der Waals surface area contributed by atoms with Gasteiger partial charge in [-0.25, -0.2) is 0 Å². The lowest BCUT2D eigenvalue weighted by atomic mass is 9.90. The second-order valence-electron chi connectivity index (χ2n) is 5.05. The highest BCUT2D eigenvalue weighted by molar-refractivity contribution is 5.88. The van der Waals surface area contributed by atoms with Gasteiger partial charge in [0.1, 0.15) is 0 Å². The molecule has 102 valence electrons. The first-order chi connectivity index (χ1) is 9.75. The van der Waals surface area contributed by atoms with Crippen molar-refractivity contribution in [3.05, 3.63) is 59.4 Å². The molecule has 20 heavy (non-hydrogen) atoms. The first-order valence-corrected chi connectivity index (χ1v) is 6.78. The Morgan fingerprint density at radius 1 is 1.35 bits per heavy atom. The molecule has 0 fully saturated rings. The summed E-state index contributed by atoms with van der Waals surface area (Å²) in [6.45, 7) is 0.829. The predicted molar refractivity (Wildman–Crippen MR) is 78.3 cm³/mol. The zero-order valence-electron chi connectivity index (χ0n) is 11.2.